The minimum Gasteiger partial charge on any atom is -0.507 e. The summed E-state index contributed by atoms with van der Waals surface area (Å²) in [5, 5.41) is 11.4. The van der Waals surface area contributed by atoms with Gasteiger partial charge in [-0.05, 0) is 81.3 Å². The number of benzene rings is 3. The van der Waals surface area contributed by atoms with Gasteiger partial charge in [0.25, 0.3) is 11.7 Å². The predicted octanol–water partition coefficient (Wildman–Crippen LogP) is 5.82. The molecule has 1 aliphatic heterocycles. The van der Waals surface area contributed by atoms with E-state index in [1.165, 1.54) is 4.90 Å². The van der Waals surface area contributed by atoms with E-state index in [9.17, 15) is 14.7 Å². The number of hydrogen-bond acceptors (Lipinski definition) is 6. The molecule has 0 aromatic heterocycles. The van der Waals surface area contributed by atoms with Crippen molar-refractivity contribution in [1.82, 2.24) is 0 Å². The van der Waals surface area contributed by atoms with Crippen molar-refractivity contribution in [3.8, 4) is 17.2 Å². The quantitative estimate of drug-likeness (QED) is 0.226. The van der Waals surface area contributed by atoms with Gasteiger partial charge in [-0.25, -0.2) is 0 Å². The molecule has 7 heteroatoms. The van der Waals surface area contributed by atoms with Crippen LogP contribution in [0.2, 0.25) is 0 Å². The van der Waals surface area contributed by atoms with Gasteiger partial charge >= 0.3 is 0 Å². The number of nitrogens with zero attached hydrogens (tertiary/aromatic N) is 1. The maximum atomic E-state index is 13.5. The highest BCUT2D eigenvalue weighted by Gasteiger charge is 2.47. The SMILES string of the molecule is CCOc1cccc(C2/C(=C(\O)c3ccc(OCC)c(C)c3)C(=O)C(=O)N2c2cccc(OCC)c2)c1. The Morgan fingerprint density at radius 1 is 0.838 bits per heavy atom. The lowest BCUT2D eigenvalue weighted by atomic mass is 9.94. The molecule has 7 nitrogen and oxygen atoms in total. The average molecular weight is 502 g/mol. The Labute approximate surface area is 216 Å². The Morgan fingerprint density at radius 3 is 2.14 bits per heavy atom. The predicted molar refractivity (Wildman–Crippen MR) is 142 cm³/mol. The van der Waals surface area contributed by atoms with Crippen LogP contribution in [-0.2, 0) is 9.59 Å². The number of carbonyl (C=O) groups is 2. The number of hydrogen-bond donors (Lipinski definition) is 1. The molecule has 192 valence electrons. The number of rotatable bonds is 9. The molecule has 0 aliphatic carbocycles. The molecule has 1 atom stereocenters. The van der Waals surface area contributed by atoms with E-state index in [4.69, 9.17) is 14.2 Å². The van der Waals surface area contributed by atoms with Crippen LogP contribution in [0.25, 0.3) is 5.76 Å². The van der Waals surface area contributed by atoms with Crippen LogP contribution in [-0.4, -0.2) is 36.6 Å². The van der Waals surface area contributed by atoms with Crippen LogP contribution in [0.1, 0.15) is 43.5 Å². The van der Waals surface area contributed by atoms with Gasteiger partial charge < -0.3 is 19.3 Å². The van der Waals surface area contributed by atoms with E-state index < -0.39 is 17.7 Å². The lowest BCUT2D eigenvalue weighted by Crippen LogP contribution is -2.29. The molecular formula is C30H31NO6. The zero-order chi connectivity index (χ0) is 26.5. The van der Waals surface area contributed by atoms with Gasteiger partial charge in [0.05, 0.1) is 31.4 Å². The first-order valence-corrected chi connectivity index (χ1v) is 12.4. The zero-order valence-corrected chi connectivity index (χ0v) is 21.5. The Bertz CT molecular complexity index is 1350. The summed E-state index contributed by atoms with van der Waals surface area (Å²) in [7, 11) is 0. The zero-order valence-electron chi connectivity index (χ0n) is 21.5. The van der Waals surface area contributed by atoms with Gasteiger partial charge in [0.1, 0.15) is 23.0 Å². The minimum absolute atomic E-state index is 0.00372. The average Bonchev–Trinajstić information content (AvgIpc) is 3.16. The molecule has 1 fully saturated rings. The first kappa shape index (κ1) is 25.8. The number of carbonyl (C=O) groups excluding carboxylic acids is 2. The van der Waals surface area contributed by atoms with E-state index in [0.29, 0.717) is 53.9 Å². The van der Waals surface area contributed by atoms with Crippen molar-refractivity contribution in [2.45, 2.75) is 33.7 Å². The van der Waals surface area contributed by atoms with Crippen LogP contribution >= 0.6 is 0 Å². The number of aryl methyl sites for hydroxylation is 1. The number of ether oxygens (including phenoxy) is 3. The highest BCUT2D eigenvalue weighted by molar-refractivity contribution is 6.51. The lowest BCUT2D eigenvalue weighted by molar-refractivity contribution is -0.132. The number of aliphatic hydroxyl groups excluding tert-OH is 1. The van der Waals surface area contributed by atoms with Crippen molar-refractivity contribution in [3.05, 3.63) is 89.0 Å². The first-order valence-electron chi connectivity index (χ1n) is 12.4. The second kappa shape index (κ2) is 11.2. The number of Topliss-reactive ketones (excluding diaryl/α,β-unsaturated/α-hetero) is 1. The largest absolute Gasteiger partial charge is 0.507 e. The van der Waals surface area contributed by atoms with Crippen LogP contribution < -0.4 is 19.1 Å². The van der Waals surface area contributed by atoms with Crippen LogP contribution in [0.3, 0.4) is 0 Å². The van der Waals surface area contributed by atoms with Gasteiger partial charge in [-0.3, -0.25) is 14.5 Å². The fourth-order valence-electron chi connectivity index (χ4n) is 4.51. The summed E-state index contributed by atoms with van der Waals surface area (Å²) in [5.74, 6) is 0.117. The van der Waals surface area contributed by atoms with Crippen LogP contribution in [0.15, 0.2) is 72.3 Å². The summed E-state index contributed by atoms with van der Waals surface area (Å²) in [4.78, 5) is 28.3. The second-order valence-electron chi connectivity index (χ2n) is 8.52. The molecule has 1 amide bonds. The highest BCUT2D eigenvalue weighted by atomic mass is 16.5. The summed E-state index contributed by atoms with van der Waals surface area (Å²) in [6.07, 6.45) is 0. The summed E-state index contributed by atoms with van der Waals surface area (Å²) in [5.41, 5.74) is 2.36. The van der Waals surface area contributed by atoms with Crippen LogP contribution in [0.4, 0.5) is 5.69 Å². The van der Waals surface area contributed by atoms with E-state index >= 15 is 0 Å². The van der Waals surface area contributed by atoms with E-state index in [1.807, 2.05) is 39.8 Å². The third-order valence-electron chi connectivity index (χ3n) is 6.08. The number of aliphatic hydroxyl groups is 1. The molecule has 0 spiro atoms. The third-order valence-corrected chi connectivity index (χ3v) is 6.08. The molecule has 1 saturated heterocycles. The van der Waals surface area contributed by atoms with Crippen molar-refractivity contribution in [3.63, 3.8) is 0 Å². The van der Waals surface area contributed by atoms with Gasteiger partial charge in [0, 0.05) is 17.3 Å². The summed E-state index contributed by atoms with van der Waals surface area (Å²) < 4.78 is 16.9. The van der Waals surface area contributed by atoms with Crippen molar-refractivity contribution in [2.75, 3.05) is 24.7 Å². The minimum atomic E-state index is -0.871. The fourth-order valence-corrected chi connectivity index (χ4v) is 4.51. The Morgan fingerprint density at radius 2 is 1.49 bits per heavy atom. The van der Waals surface area contributed by atoms with Gasteiger partial charge in [0.15, 0.2) is 0 Å². The van der Waals surface area contributed by atoms with Crippen LogP contribution in [0.5, 0.6) is 17.2 Å². The third kappa shape index (κ3) is 5.16. The highest BCUT2D eigenvalue weighted by Crippen LogP contribution is 2.43. The molecule has 1 unspecified atom stereocenters. The van der Waals surface area contributed by atoms with Gasteiger partial charge in [0.2, 0.25) is 0 Å². The summed E-state index contributed by atoms with van der Waals surface area (Å²) in [6.45, 7) is 8.94. The van der Waals surface area contributed by atoms with E-state index in [0.717, 1.165) is 5.56 Å². The molecule has 1 aliphatic rings. The van der Waals surface area contributed by atoms with Crippen LogP contribution in [0, 0.1) is 6.92 Å². The summed E-state index contributed by atoms with van der Waals surface area (Å²) in [6, 6.07) is 18.5. The van der Waals surface area contributed by atoms with Crippen molar-refractivity contribution >= 4 is 23.1 Å². The second-order valence-corrected chi connectivity index (χ2v) is 8.52. The van der Waals surface area contributed by atoms with Gasteiger partial charge in [-0.15, -0.1) is 0 Å². The van der Waals surface area contributed by atoms with Crippen molar-refractivity contribution in [1.29, 1.82) is 0 Å². The molecule has 37 heavy (non-hydrogen) atoms. The standard InChI is InChI=1S/C30H31NO6/c1-5-35-23-12-8-10-20(17-23)27-26(28(32)21-14-15-25(37-7-3)19(4)16-21)29(33)30(34)31(27)22-11-9-13-24(18-22)36-6-2/h8-18,27,32H,5-7H2,1-4H3/b28-26+. The fraction of sp³-hybridized carbons (Fsp3) is 0.267. The van der Waals surface area contributed by atoms with Gasteiger partial charge in [-0.1, -0.05) is 18.2 Å². The van der Waals surface area contributed by atoms with E-state index in [1.54, 1.807) is 54.6 Å². The maximum Gasteiger partial charge on any atom is 0.300 e. The molecule has 1 heterocycles. The molecule has 3 aromatic carbocycles. The Balaban J connectivity index is 1.91. The first-order chi connectivity index (χ1) is 17.9. The molecule has 4 rings (SSSR count). The normalized spacial score (nSPS) is 16.6. The summed E-state index contributed by atoms with van der Waals surface area (Å²) >= 11 is 0. The number of amides is 1. The van der Waals surface area contributed by atoms with E-state index in [-0.39, 0.29) is 11.3 Å². The lowest BCUT2D eigenvalue weighted by Gasteiger charge is -2.26. The van der Waals surface area contributed by atoms with Crippen molar-refractivity contribution in [2.24, 2.45) is 0 Å². The molecule has 0 saturated carbocycles. The topological polar surface area (TPSA) is 85.3 Å². The van der Waals surface area contributed by atoms with E-state index in [2.05, 4.69) is 0 Å². The molecule has 1 N–H and O–H groups in total. The Kier molecular flexibility index (Phi) is 7.82. The number of ketones is 1. The maximum absolute atomic E-state index is 13.5. The Hall–Kier alpha value is -4.26. The molecule has 0 radical (unpaired) electrons. The monoisotopic (exact) mass is 501 g/mol. The van der Waals surface area contributed by atoms with Crippen molar-refractivity contribution < 1.29 is 28.9 Å². The molecular weight excluding hydrogens is 470 g/mol. The smallest absolute Gasteiger partial charge is 0.300 e. The number of anilines is 1. The molecule has 3 aromatic rings. The van der Waals surface area contributed by atoms with Gasteiger partial charge in [-0.2, -0.15) is 0 Å². The molecule has 0 bridgehead atoms.